The third kappa shape index (κ3) is 3.80. The Balaban J connectivity index is 2.91. The largest absolute Gasteiger partial charge is 0.481 e. The van der Waals surface area contributed by atoms with Crippen LogP contribution in [0.1, 0.15) is 44.5 Å². The van der Waals surface area contributed by atoms with Crippen molar-refractivity contribution in [3.63, 3.8) is 0 Å². The monoisotopic (exact) mass is 255 g/mol. The Morgan fingerprint density at radius 3 is 2.56 bits per heavy atom. The molecule has 2 N–H and O–H groups in total. The highest BCUT2D eigenvalue weighted by molar-refractivity contribution is 5.69. The average molecular weight is 255 g/mol. The molecule has 0 amide bonds. The molecule has 1 rings (SSSR count). The van der Waals surface area contributed by atoms with Gasteiger partial charge in [0.2, 0.25) is 0 Å². The Morgan fingerprint density at radius 2 is 2.06 bits per heavy atom. The van der Waals surface area contributed by atoms with Gasteiger partial charge in [-0.1, -0.05) is 26.0 Å². The van der Waals surface area contributed by atoms with Gasteiger partial charge in [-0.25, -0.2) is 4.68 Å². The predicted molar refractivity (Wildman–Crippen MR) is 66.3 cm³/mol. The van der Waals surface area contributed by atoms with E-state index in [2.05, 4.69) is 10.3 Å². The molecule has 102 valence electrons. The molecule has 1 heterocycles. The van der Waals surface area contributed by atoms with Crippen LogP contribution in [0.15, 0.2) is 0 Å². The fraction of sp³-hybridized carbons (Fsp3) is 0.750. The second-order valence-corrected chi connectivity index (χ2v) is 4.95. The lowest BCUT2D eigenvalue weighted by molar-refractivity contribution is -0.136. The molecule has 0 fully saturated rings. The first-order chi connectivity index (χ1) is 8.45. The Labute approximate surface area is 107 Å². The molecule has 6 nitrogen and oxygen atoms in total. The molecule has 0 aliphatic carbocycles. The van der Waals surface area contributed by atoms with Crippen molar-refractivity contribution in [1.82, 2.24) is 15.0 Å². The van der Waals surface area contributed by atoms with Gasteiger partial charge in [0.15, 0.2) is 0 Å². The van der Waals surface area contributed by atoms with Gasteiger partial charge < -0.3 is 10.2 Å². The fourth-order valence-corrected chi connectivity index (χ4v) is 2.00. The highest BCUT2D eigenvalue weighted by Crippen LogP contribution is 2.19. The molecule has 0 aliphatic heterocycles. The summed E-state index contributed by atoms with van der Waals surface area (Å²) in [6.45, 7) is 6.82. The molecule has 1 aromatic rings. The van der Waals surface area contributed by atoms with Gasteiger partial charge in [0, 0.05) is 13.2 Å². The predicted octanol–water partition coefficient (Wildman–Crippen LogP) is 1.05. The van der Waals surface area contributed by atoms with Crippen molar-refractivity contribution in [2.24, 2.45) is 5.92 Å². The van der Waals surface area contributed by atoms with E-state index in [1.165, 1.54) is 0 Å². The number of hydrogen-bond acceptors (Lipinski definition) is 4. The molecule has 0 saturated carbocycles. The number of carboxylic acids is 1. The van der Waals surface area contributed by atoms with Gasteiger partial charge in [0.1, 0.15) is 0 Å². The number of carbonyl (C=O) groups is 1. The molecule has 18 heavy (non-hydrogen) atoms. The van der Waals surface area contributed by atoms with Gasteiger partial charge in [-0.3, -0.25) is 4.79 Å². The zero-order valence-electron chi connectivity index (χ0n) is 11.1. The molecular formula is C12H21N3O3. The number of aromatic nitrogens is 3. The van der Waals surface area contributed by atoms with Crippen LogP contribution in [0.2, 0.25) is 0 Å². The zero-order valence-corrected chi connectivity index (χ0v) is 11.1. The molecule has 0 aromatic carbocycles. The number of rotatable bonds is 7. The molecule has 0 radical (unpaired) electrons. The maximum atomic E-state index is 10.8. The van der Waals surface area contributed by atoms with Crippen molar-refractivity contribution in [1.29, 1.82) is 0 Å². The lowest BCUT2D eigenvalue weighted by Crippen LogP contribution is -2.15. The number of aliphatic carboxylic acids is 1. The van der Waals surface area contributed by atoms with E-state index in [1.54, 1.807) is 4.68 Å². The van der Waals surface area contributed by atoms with Crippen LogP contribution >= 0.6 is 0 Å². The SMILES string of the molecule is CC(CCO)Cn1nnc(CC(=O)O)c1C(C)C. The van der Waals surface area contributed by atoms with E-state index >= 15 is 0 Å². The second-order valence-electron chi connectivity index (χ2n) is 4.95. The van der Waals surface area contributed by atoms with Gasteiger partial charge in [0.05, 0.1) is 17.8 Å². The lowest BCUT2D eigenvalue weighted by Gasteiger charge is -2.14. The Bertz CT molecular complexity index is 401. The van der Waals surface area contributed by atoms with Crippen LogP contribution in [-0.2, 0) is 17.8 Å². The fourth-order valence-electron chi connectivity index (χ4n) is 2.00. The van der Waals surface area contributed by atoms with Crippen LogP contribution in [0, 0.1) is 5.92 Å². The van der Waals surface area contributed by atoms with E-state index in [1.807, 2.05) is 20.8 Å². The summed E-state index contributed by atoms with van der Waals surface area (Å²) in [6, 6.07) is 0. The lowest BCUT2D eigenvalue weighted by atomic mass is 10.0. The number of nitrogens with zero attached hydrogens (tertiary/aromatic N) is 3. The standard InChI is InChI=1S/C12H21N3O3/c1-8(2)12-10(6-11(17)18)13-14-15(12)7-9(3)4-5-16/h8-9,16H,4-7H2,1-3H3,(H,17,18). The molecular weight excluding hydrogens is 234 g/mol. The number of aliphatic hydroxyl groups is 1. The Kier molecular flexibility index (Phi) is 5.27. The summed E-state index contributed by atoms with van der Waals surface area (Å²) in [4.78, 5) is 10.8. The second kappa shape index (κ2) is 6.49. The highest BCUT2D eigenvalue weighted by atomic mass is 16.4. The summed E-state index contributed by atoms with van der Waals surface area (Å²) in [7, 11) is 0. The van der Waals surface area contributed by atoms with Crippen molar-refractivity contribution >= 4 is 5.97 Å². The third-order valence-corrected chi connectivity index (χ3v) is 2.82. The Hall–Kier alpha value is -1.43. The minimum atomic E-state index is -0.896. The van der Waals surface area contributed by atoms with Crippen LogP contribution in [0.5, 0.6) is 0 Å². The average Bonchev–Trinajstić information content (AvgIpc) is 2.60. The van der Waals surface area contributed by atoms with E-state index in [-0.39, 0.29) is 24.9 Å². The molecule has 0 bridgehead atoms. The number of hydrogen-bond donors (Lipinski definition) is 2. The van der Waals surface area contributed by atoms with E-state index in [0.717, 1.165) is 5.69 Å². The number of aliphatic hydroxyl groups excluding tert-OH is 1. The molecule has 0 saturated heterocycles. The maximum Gasteiger partial charge on any atom is 0.309 e. The van der Waals surface area contributed by atoms with Crippen molar-refractivity contribution in [3.05, 3.63) is 11.4 Å². The molecule has 6 heteroatoms. The van der Waals surface area contributed by atoms with Crippen molar-refractivity contribution in [2.45, 2.75) is 46.1 Å². The zero-order chi connectivity index (χ0) is 13.7. The molecule has 0 spiro atoms. The molecule has 1 aromatic heterocycles. The van der Waals surface area contributed by atoms with Crippen LogP contribution in [0.3, 0.4) is 0 Å². The van der Waals surface area contributed by atoms with Crippen molar-refractivity contribution < 1.29 is 15.0 Å². The molecule has 1 atom stereocenters. The van der Waals surface area contributed by atoms with Crippen molar-refractivity contribution in [3.8, 4) is 0 Å². The minimum absolute atomic E-state index is 0.0953. The maximum absolute atomic E-state index is 10.8. The molecule has 0 aliphatic rings. The van der Waals surface area contributed by atoms with E-state index in [4.69, 9.17) is 10.2 Å². The summed E-state index contributed by atoms with van der Waals surface area (Å²) in [5, 5.41) is 25.7. The highest BCUT2D eigenvalue weighted by Gasteiger charge is 2.19. The van der Waals surface area contributed by atoms with Gasteiger partial charge in [0.25, 0.3) is 0 Å². The Morgan fingerprint density at radius 1 is 1.39 bits per heavy atom. The minimum Gasteiger partial charge on any atom is -0.481 e. The van der Waals surface area contributed by atoms with Gasteiger partial charge in [-0.2, -0.15) is 0 Å². The number of carboxylic acid groups (broad SMARTS) is 1. The van der Waals surface area contributed by atoms with Gasteiger partial charge in [-0.15, -0.1) is 5.10 Å². The van der Waals surface area contributed by atoms with Crippen LogP contribution in [-0.4, -0.2) is 37.8 Å². The summed E-state index contributed by atoms with van der Waals surface area (Å²) in [5.41, 5.74) is 1.41. The van der Waals surface area contributed by atoms with Gasteiger partial charge in [-0.05, 0) is 18.3 Å². The smallest absolute Gasteiger partial charge is 0.309 e. The summed E-state index contributed by atoms with van der Waals surface area (Å²) >= 11 is 0. The topological polar surface area (TPSA) is 88.2 Å². The summed E-state index contributed by atoms with van der Waals surface area (Å²) in [5.74, 6) is -0.435. The normalized spacial score (nSPS) is 12.9. The summed E-state index contributed by atoms with van der Waals surface area (Å²) < 4.78 is 1.77. The third-order valence-electron chi connectivity index (χ3n) is 2.82. The summed E-state index contributed by atoms with van der Waals surface area (Å²) in [6.07, 6.45) is 0.605. The molecule has 1 unspecified atom stereocenters. The van der Waals surface area contributed by atoms with Crippen molar-refractivity contribution in [2.75, 3.05) is 6.61 Å². The van der Waals surface area contributed by atoms with E-state index in [9.17, 15) is 4.79 Å². The first-order valence-corrected chi connectivity index (χ1v) is 6.20. The quantitative estimate of drug-likeness (QED) is 0.760. The van der Waals surface area contributed by atoms with E-state index < -0.39 is 5.97 Å². The first-order valence-electron chi connectivity index (χ1n) is 6.20. The van der Waals surface area contributed by atoms with Crippen LogP contribution < -0.4 is 0 Å². The van der Waals surface area contributed by atoms with Gasteiger partial charge >= 0.3 is 5.97 Å². The first kappa shape index (κ1) is 14.6. The van der Waals surface area contributed by atoms with Crippen LogP contribution in [0.25, 0.3) is 0 Å². The van der Waals surface area contributed by atoms with Crippen LogP contribution in [0.4, 0.5) is 0 Å². The van der Waals surface area contributed by atoms with E-state index in [0.29, 0.717) is 18.7 Å².